The van der Waals surface area contributed by atoms with Gasteiger partial charge in [0.1, 0.15) is 58.7 Å². The standard InChI is InChI=1S/C47H62ClF3N8O8S/c1-7-28-21-46(28,42(62)63)56-40(60)34-19-30(22-59(34)41(61)39(45(4,5)6)55-44(64)67-29-17-26-16-27(26)18-29)66-36-20-32(33-23-68-43(54-33)52-25(2)3)53-38-31(36)8-9-35(37(38)48)65-15-14-57-10-12-58(13-11-57)24-47(49,50)51/h8-9,20,23,25-30,34,39H,7,10-19,21-22,24H2,1-6H3,(H,52,54)(H,55,64)(H,56,60)(H,62,63)/t26-,27+,28?,29?,30-,34+,39-,46-/m1/s1. The minimum Gasteiger partial charge on any atom is -0.491 e. The molecule has 68 heavy (non-hydrogen) atoms. The Morgan fingerprint density at radius 3 is 2.31 bits per heavy atom. The zero-order valence-corrected chi connectivity index (χ0v) is 40.9. The number of hydrogen-bond donors (Lipinski definition) is 4. The van der Waals surface area contributed by atoms with Gasteiger partial charge in [-0.1, -0.05) is 45.7 Å². The van der Waals surface area contributed by atoms with Gasteiger partial charge in [0.2, 0.25) is 11.8 Å². The number of likely N-dealkylation sites (tertiary alicyclic amines) is 1. The van der Waals surface area contributed by atoms with Gasteiger partial charge in [0.15, 0.2) is 5.13 Å². The maximum atomic E-state index is 14.8. The molecule has 0 radical (unpaired) electrons. The lowest BCUT2D eigenvalue weighted by Gasteiger charge is -2.35. The van der Waals surface area contributed by atoms with Crippen LogP contribution >= 0.6 is 22.9 Å². The number of nitrogens with zero attached hydrogens (tertiary/aromatic N) is 5. The number of piperazine rings is 1. The Bertz CT molecular complexity index is 2370. The minimum atomic E-state index is -4.25. The third-order valence-corrected chi connectivity index (χ3v) is 15.0. The number of fused-ring (bicyclic) bond motifs is 2. The third-order valence-electron chi connectivity index (χ3n) is 13.9. The highest BCUT2D eigenvalue weighted by Crippen LogP contribution is 2.52. The van der Waals surface area contributed by atoms with E-state index in [4.69, 9.17) is 35.8 Å². The van der Waals surface area contributed by atoms with Crippen LogP contribution in [0.15, 0.2) is 23.6 Å². The number of alkyl halides is 3. The Labute approximate surface area is 403 Å². The van der Waals surface area contributed by atoms with Crippen LogP contribution < -0.4 is 25.4 Å². The van der Waals surface area contributed by atoms with Gasteiger partial charge < -0.3 is 40.2 Å². The lowest BCUT2D eigenvalue weighted by atomic mass is 9.85. The van der Waals surface area contributed by atoms with Gasteiger partial charge in [-0.05, 0) is 74.8 Å². The summed E-state index contributed by atoms with van der Waals surface area (Å²) < 4.78 is 57.6. The zero-order chi connectivity index (χ0) is 48.9. The summed E-state index contributed by atoms with van der Waals surface area (Å²) in [6.45, 7) is 12.5. The summed E-state index contributed by atoms with van der Waals surface area (Å²) in [6.07, 6.45) is -2.45. The molecule has 0 bridgehead atoms. The molecule has 372 valence electrons. The molecule has 21 heteroatoms. The Hall–Kier alpha value is -4.66. The van der Waals surface area contributed by atoms with Crippen molar-refractivity contribution in [2.45, 2.75) is 122 Å². The number of carboxylic acid groups (broad SMARTS) is 1. The van der Waals surface area contributed by atoms with Gasteiger partial charge in [0, 0.05) is 62.0 Å². The number of aliphatic carboxylic acids is 1. The van der Waals surface area contributed by atoms with Gasteiger partial charge in [-0.3, -0.25) is 19.4 Å². The van der Waals surface area contributed by atoms with E-state index in [0.717, 1.165) is 19.3 Å². The van der Waals surface area contributed by atoms with Crippen molar-refractivity contribution in [3.63, 3.8) is 0 Å². The number of halogens is 4. The molecule has 3 aromatic rings. The number of amides is 3. The number of benzene rings is 1. The number of ether oxygens (including phenoxy) is 3. The smallest absolute Gasteiger partial charge is 0.408 e. The summed E-state index contributed by atoms with van der Waals surface area (Å²) >= 11 is 8.49. The van der Waals surface area contributed by atoms with Crippen LogP contribution in [0.1, 0.15) is 80.1 Å². The highest BCUT2D eigenvalue weighted by Gasteiger charge is 2.61. The third kappa shape index (κ3) is 11.3. The minimum absolute atomic E-state index is 0.00603. The molecule has 8 atom stereocenters. The molecule has 4 N–H and O–H groups in total. The Morgan fingerprint density at radius 2 is 1.68 bits per heavy atom. The first-order valence-corrected chi connectivity index (χ1v) is 24.9. The number of anilines is 1. The Kier molecular flexibility index (Phi) is 14.4. The Balaban J connectivity index is 1.06. The Morgan fingerprint density at radius 1 is 0.971 bits per heavy atom. The molecule has 5 aliphatic rings. The van der Waals surface area contributed by atoms with Crippen LogP contribution in [0.25, 0.3) is 22.3 Å². The van der Waals surface area contributed by atoms with E-state index in [-0.39, 0.29) is 49.1 Å². The molecule has 1 aromatic carbocycles. The summed E-state index contributed by atoms with van der Waals surface area (Å²) in [5, 5.41) is 22.4. The van der Waals surface area contributed by atoms with Crippen LogP contribution in [0, 0.1) is 23.2 Å². The largest absolute Gasteiger partial charge is 0.491 e. The first-order valence-electron chi connectivity index (χ1n) is 23.6. The summed E-state index contributed by atoms with van der Waals surface area (Å²) in [5.41, 5.74) is -0.986. The van der Waals surface area contributed by atoms with Crippen LogP contribution in [-0.4, -0.2) is 148 Å². The van der Waals surface area contributed by atoms with Gasteiger partial charge in [0.25, 0.3) is 0 Å². The van der Waals surface area contributed by atoms with E-state index >= 15 is 0 Å². The predicted octanol–water partition coefficient (Wildman–Crippen LogP) is 7.05. The summed E-state index contributed by atoms with van der Waals surface area (Å²) in [4.78, 5) is 69.6. The zero-order valence-electron chi connectivity index (χ0n) is 39.3. The lowest BCUT2D eigenvalue weighted by Crippen LogP contribution is -2.59. The van der Waals surface area contributed by atoms with Crippen LogP contribution in [0.2, 0.25) is 5.02 Å². The first-order chi connectivity index (χ1) is 32.1. The van der Waals surface area contributed by atoms with Gasteiger partial charge in [-0.25, -0.2) is 19.6 Å². The van der Waals surface area contributed by atoms with Gasteiger partial charge >= 0.3 is 18.2 Å². The molecule has 2 aliphatic heterocycles. The van der Waals surface area contributed by atoms with E-state index in [1.807, 2.05) is 51.8 Å². The number of carboxylic acids is 1. The van der Waals surface area contributed by atoms with Crippen LogP contribution in [0.3, 0.4) is 0 Å². The number of aromatic nitrogens is 2. The molecule has 2 aromatic heterocycles. The monoisotopic (exact) mass is 990 g/mol. The number of carbonyl (C=O) groups is 4. The van der Waals surface area contributed by atoms with E-state index in [2.05, 4.69) is 16.0 Å². The number of alkyl carbamates (subject to hydrolysis) is 1. The van der Waals surface area contributed by atoms with Crippen LogP contribution in [0.4, 0.5) is 23.1 Å². The molecule has 5 fully saturated rings. The fourth-order valence-corrected chi connectivity index (χ4v) is 11.1. The average Bonchev–Trinajstić information content (AvgIpc) is 3.93. The van der Waals surface area contributed by atoms with Gasteiger partial charge in [0.05, 0.1) is 24.3 Å². The molecular weight excluding hydrogens is 929 g/mol. The molecule has 16 nitrogen and oxygen atoms in total. The van der Waals surface area contributed by atoms with E-state index in [1.54, 1.807) is 18.2 Å². The molecule has 4 heterocycles. The molecule has 0 spiro atoms. The van der Waals surface area contributed by atoms with Crippen molar-refractivity contribution in [3.8, 4) is 22.9 Å². The van der Waals surface area contributed by atoms with E-state index in [0.29, 0.717) is 89.9 Å². The summed E-state index contributed by atoms with van der Waals surface area (Å²) in [7, 11) is 0. The summed E-state index contributed by atoms with van der Waals surface area (Å²) in [6, 6.07) is 3.01. The number of rotatable bonds is 17. The number of thiazole rings is 1. The second kappa shape index (κ2) is 19.6. The van der Waals surface area contributed by atoms with E-state index < -0.39 is 65.7 Å². The van der Waals surface area contributed by atoms with Gasteiger partial charge in [-0.2, -0.15) is 13.2 Å². The van der Waals surface area contributed by atoms with Crippen molar-refractivity contribution < 1.29 is 51.7 Å². The fraction of sp³-hybridized carbons (Fsp3) is 0.660. The molecule has 2 saturated heterocycles. The van der Waals surface area contributed by atoms with Crippen LogP contribution in [-0.2, 0) is 19.1 Å². The molecule has 8 rings (SSSR count). The normalized spacial score (nSPS) is 26.6. The van der Waals surface area contributed by atoms with E-state index in [1.165, 1.54) is 21.1 Å². The molecule has 2 unspecified atom stereocenters. The second-order valence-electron chi connectivity index (χ2n) is 20.5. The lowest BCUT2D eigenvalue weighted by molar-refractivity contribution is -0.149. The highest BCUT2D eigenvalue weighted by molar-refractivity contribution is 7.14. The number of hydrogen-bond acceptors (Lipinski definition) is 13. The first kappa shape index (κ1) is 49.8. The maximum absolute atomic E-state index is 14.8. The van der Waals surface area contributed by atoms with Crippen LogP contribution in [0.5, 0.6) is 11.5 Å². The number of carbonyl (C=O) groups excluding carboxylic acids is 3. The van der Waals surface area contributed by atoms with E-state index in [9.17, 15) is 37.5 Å². The van der Waals surface area contributed by atoms with Gasteiger partial charge in [-0.15, -0.1) is 11.3 Å². The van der Waals surface area contributed by atoms with Crippen molar-refractivity contribution >= 4 is 62.8 Å². The topological polar surface area (TPSA) is 188 Å². The SMILES string of the molecule is CCC1C[C@]1(NC(=O)[C@@H]1C[C@@H](Oc2cc(-c3csc(NC(C)C)n3)nc3c(Cl)c(OCCN4CCN(CC(F)(F)F)CC4)ccc23)CN1C(=O)[C@@H](NC(=O)OC1C[C@@H]2C[C@@H]2C1)C(C)(C)C)C(=O)O. The number of pyridine rings is 1. The van der Waals surface area contributed by atoms with Crippen molar-refractivity contribution in [1.29, 1.82) is 0 Å². The average molecular weight is 992 g/mol. The van der Waals surface area contributed by atoms with Crippen molar-refractivity contribution in [1.82, 2.24) is 35.3 Å². The summed E-state index contributed by atoms with van der Waals surface area (Å²) in [5.74, 6) is -0.771. The highest BCUT2D eigenvalue weighted by atomic mass is 35.5. The molecular formula is C47H62ClF3N8O8S. The molecule has 3 aliphatic carbocycles. The second-order valence-corrected chi connectivity index (χ2v) is 21.7. The van der Waals surface area contributed by atoms with Crippen molar-refractivity contribution in [2.75, 3.05) is 57.7 Å². The molecule has 3 saturated carbocycles. The fourth-order valence-electron chi connectivity index (χ4n) is 9.98. The molecule has 3 amide bonds. The number of nitrogens with one attached hydrogen (secondary N) is 3. The predicted molar refractivity (Wildman–Crippen MR) is 250 cm³/mol. The quantitative estimate of drug-likeness (QED) is 0.108. The van der Waals surface area contributed by atoms with Crippen molar-refractivity contribution in [3.05, 3.63) is 28.6 Å². The van der Waals surface area contributed by atoms with Crippen molar-refractivity contribution in [2.24, 2.45) is 23.2 Å². The maximum Gasteiger partial charge on any atom is 0.408 e.